The molecule has 0 saturated heterocycles. The molecule has 0 amide bonds. The van der Waals surface area contributed by atoms with Crippen molar-refractivity contribution in [3.05, 3.63) is 29.8 Å². The van der Waals surface area contributed by atoms with Gasteiger partial charge in [0.2, 0.25) is 0 Å². The highest BCUT2D eigenvalue weighted by Crippen LogP contribution is 2.13. The summed E-state index contributed by atoms with van der Waals surface area (Å²) in [6.07, 6.45) is 0. The monoisotopic (exact) mass is 363 g/mol. The van der Waals surface area contributed by atoms with E-state index in [1.165, 1.54) is 0 Å². The second-order valence-electron chi connectivity index (χ2n) is 4.26. The molecule has 18 heavy (non-hydrogen) atoms. The number of nitrogens with zero attached hydrogens (tertiary/aromatic N) is 3. The SMILES string of the molecule is COc1cccc(CN=C(N(C)C)N(C)C)c1.I. The van der Waals surface area contributed by atoms with Crippen molar-refractivity contribution in [3.8, 4) is 5.75 Å². The van der Waals surface area contributed by atoms with Gasteiger partial charge in [-0.3, -0.25) is 0 Å². The summed E-state index contributed by atoms with van der Waals surface area (Å²) in [6, 6.07) is 7.97. The van der Waals surface area contributed by atoms with E-state index in [2.05, 4.69) is 11.1 Å². The Morgan fingerprint density at radius 2 is 1.78 bits per heavy atom. The fourth-order valence-electron chi connectivity index (χ4n) is 1.62. The van der Waals surface area contributed by atoms with Crippen molar-refractivity contribution in [2.45, 2.75) is 6.54 Å². The van der Waals surface area contributed by atoms with Crippen LogP contribution in [0.25, 0.3) is 0 Å². The van der Waals surface area contributed by atoms with Crippen LogP contribution in [-0.4, -0.2) is 51.1 Å². The number of methoxy groups -OCH3 is 1. The zero-order valence-corrected chi connectivity index (χ0v) is 14.0. The van der Waals surface area contributed by atoms with Crippen LogP contribution in [0.1, 0.15) is 5.56 Å². The zero-order chi connectivity index (χ0) is 12.8. The second-order valence-corrected chi connectivity index (χ2v) is 4.26. The van der Waals surface area contributed by atoms with Crippen LogP contribution in [0, 0.1) is 0 Å². The minimum Gasteiger partial charge on any atom is -0.497 e. The molecule has 4 nitrogen and oxygen atoms in total. The largest absolute Gasteiger partial charge is 0.497 e. The first-order valence-corrected chi connectivity index (χ1v) is 5.56. The van der Waals surface area contributed by atoms with Crippen LogP contribution in [-0.2, 0) is 6.54 Å². The normalized spacial score (nSPS) is 9.17. The predicted molar refractivity (Wildman–Crippen MR) is 86.9 cm³/mol. The molecule has 0 spiro atoms. The van der Waals surface area contributed by atoms with Gasteiger partial charge in [-0.1, -0.05) is 12.1 Å². The lowest BCUT2D eigenvalue weighted by Gasteiger charge is -2.22. The number of guanidine groups is 1. The summed E-state index contributed by atoms with van der Waals surface area (Å²) in [5.74, 6) is 1.82. The first kappa shape index (κ1) is 17.0. The van der Waals surface area contributed by atoms with Gasteiger partial charge in [0, 0.05) is 28.2 Å². The Morgan fingerprint density at radius 3 is 2.28 bits per heavy atom. The Balaban J connectivity index is 0.00000289. The average molecular weight is 363 g/mol. The quantitative estimate of drug-likeness (QED) is 0.469. The maximum absolute atomic E-state index is 5.19. The number of benzene rings is 1. The Morgan fingerprint density at radius 1 is 1.17 bits per heavy atom. The lowest BCUT2D eigenvalue weighted by atomic mass is 10.2. The molecule has 0 aromatic heterocycles. The van der Waals surface area contributed by atoms with Gasteiger partial charge in [0.05, 0.1) is 13.7 Å². The van der Waals surface area contributed by atoms with Crippen molar-refractivity contribution < 1.29 is 4.74 Å². The zero-order valence-electron chi connectivity index (χ0n) is 11.7. The molecule has 1 aromatic rings. The van der Waals surface area contributed by atoms with E-state index in [4.69, 9.17) is 4.74 Å². The van der Waals surface area contributed by atoms with E-state index in [0.29, 0.717) is 6.54 Å². The maximum atomic E-state index is 5.19. The van der Waals surface area contributed by atoms with Crippen molar-refractivity contribution >= 4 is 29.9 Å². The molecule has 0 aliphatic heterocycles. The Labute approximate surface area is 127 Å². The van der Waals surface area contributed by atoms with Crippen LogP contribution < -0.4 is 4.74 Å². The number of hydrogen-bond donors (Lipinski definition) is 0. The van der Waals surface area contributed by atoms with E-state index in [-0.39, 0.29) is 24.0 Å². The van der Waals surface area contributed by atoms with E-state index in [0.717, 1.165) is 17.3 Å². The molecule has 0 atom stereocenters. The maximum Gasteiger partial charge on any atom is 0.195 e. The van der Waals surface area contributed by atoms with Gasteiger partial charge in [-0.25, -0.2) is 4.99 Å². The molecular formula is C13H22IN3O. The predicted octanol–water partition coefficient (Wildman–Crippen LogP) is 2.29. The minimum atomic E-state index is 0. The van der Waals surface area contributed by atoms with E-state index < -0.39 is 0 Å². The molecule has 0 saturated carbocycles. The summed E-state index contributed by atoms with van der Waals surface area (Å²) in [4.78, 5) is 8.58. The van der Waals surface area contributed by atoms with Gasteiger partial charge in [-0.15, -0.1) is 24.0 Å². The second kappa shape index (κ2) is 8.18. The lowest BCUT2D eigenvalue weighted by Crippen LogP contribution is -2.35. The lowest BCUT2D eigenvalue weighted by molar-refractivity contribution is 0.414. The Bertz CT molecular complexity index is 382. The topological polar surface area (TPSA) is 28.1 Å². The van der Waals surface area contributed by atoms with Crippen LogP contribution >= 0.6 is 24.0 Å². The number of ether oxygens (including phenoxy) is 1. The van der Waals surface area contributed by atoms with E-state index in [1.807, 2.05) is 56.2 Å². The molecule has 0 fully saturated rings. The fourth-order valence-corrected chi connectivity index (χ4v) is 1.62. The summed E-state index contributed by atoms with van der Waals surface area (Å²) in [5, 5.41) is 0. The van der Waals surface area contributed by atoms with Gasteiger partial charge in [0.25, 0.3) is 0 Å². The molecule has 0 aliphatic rings. The molecule has 102 valence electrons. The Hall–Kier alpha value is -0.980. The number of aliphatic imine (C=N–C) groups is 1. The van der Waals surface area contributed by atoms with E-state index >= 15 is 0 Å². The number of halogens is 1. The molecule has 0 unspecified atom stereocenters. The molecule has 0 bridgehead atoms. The third-order valence-corrected chi connectivity index (χ3v) is 2.34. The highest BCUT2D eigenvalue weighted by Gasteiger charge is 2.03. The van der Waals surface area contributed by atoms with Gasteiger partial charge in [-0.05, 0) is 17.7 Å². The minimum absolute atomic E-state index is 0. The van der Waals surface area contributed by atoms with Gasteiger partial charge in [0.15, 0.2) is 5.96 Å². The third kappa shape index (κ3) is 5.12. The summed E-state index contributed by atoms with van der Waals surface area (Å²) in [6.45, 7) is 0.656. The van der Waals surface area contributed by atoms with Crippen molar-refractivity contribution in [3.63, 3.8) is 0 Å². The molecule has 5 heteroatoms. The van der Waals surface area contributed by atoms with E-state index in [1.54, 1.807) is 7.11 Å². The standard InChI is InChI=1S/C13H21N3O.HI/c1-15(2)13(16(3)4)14-10-11-7-6-8-12(9-11)17-5;/h6-9H,10H2,1-5H3;1H. The highest BCUT2D eigenvalue weighted by atomic mass is 127. The summed E-state index contributed by atoms with van der Waals surface area (Å²) in [5.41, 5.74) is 1.14. The summed E-state index contributed by atoms with van der Waals surface area (Å²) in [7, 11) is 9.64. The van der Waals surface area contributed by atoms with Crippen molar-refractivity contribution in [1.29, 1.82) is 0 Å². The average Bonchev–Trinajstić information content (AvgIpc) is 2.28. The summed E-state index contributed by atoms with van der Waals surface area (Å²) >= 11 is 0. The molecule has 1 aromatic carbocycles. The molecule has 0 aliphatic carbocycles. The van der Waals surface area contributed by atoms with Crippen molar-refractivity contribution in [2.24, 2.45) is 4.99 Å². The summed E-state index contributed by atoms with van der Waals surface area (Å²) < 4.78 is 5.19. The molecular weight excluding hydrogens is 341 g/mol. The van der Waals surface area contributed by atoms with Crippen LogP contribution in [0.15, 0.2) is 29.3 Å². The van der Waals surface area contributed by atoms with Crippen LogP contribution in [0.5, 0.6) is 5.75 Å². The first-order valence-electron chi connectivity index (χ1n) is 5.56. The smallest absolute Gasteiger partial charge is 0.195 e. The van der Waals surface area contributed by atoms with Crippen molar-refractivity contribution in [1.82, 2.24) is 9.80 Å². The van der Waals surface area contributed by atoms with Crippen LogP contribution in [0.4, 0.5) is 0 Å². The number of rotatable bonds is 3. The first-order chi connectivity index (χ1) is 8.04. The fraction of sp³-hybridized carbons (Fsp3) is 0.462. The van der Waals surface area contributed by atoms with Gasteiger partial charge < -0.3 is 14.5 Å². The molecule has 0 radical (unpaired) electrons. The molecule has 0 N–H and O–H groups in total. The van der Waals surface area contributed by atoms with Crippen molar-refractivity contribution in [2.75, 3.05) is 35.3 Å². The van der Waals surface area contributed by atoms with Gasteiger partial charge >= 0.3 is 0 Å². The highest BCUT2D eigenvalue weighted by molar-refractivity contribution is 14.0. The van der Waals surface area contributed by atoms with Gasteiger partial charge in [-0.2, -0.15) is 0 Å². The third-order valence-electron chi connectivity index (χ3n) is 2.34. The van der Waals surface area contributed by atoms with E-state index in [9.17, 15) is 0 Å². The van der Waals surface area contributed by atoms with Crippen LogP contribution in [0.2, 0.25) is 0 Å². The number of hydrogen-bond acceptors (Lipinski definition) is 2. The van der Waals surface area contributed by atoms with Gasteiger partial charge in [0.1, 0.15) is 5.75 Å². The Kier molecular flexibility index (Phi) is 7.73. The molecule has 0 heterocycles. The molecule has 1 rings (SSSR count). The van der Waals surface area contributed by atoms with Crippen LogP contribution in [0.3, 0.4) is 0 Å².